The monoisotopic (exact) mass is 330 g/mol. The van der Waals surface area contributed by atoms with Crippen molar-refractivity contribution in [3.05, 3.63) is 0 Å². The molecule has 23 heavy (non-hydrogen) atoms. The van der Waals surface area contributed by atoms with E-state index in [1.54, 1.807) is 0 Å². The Morgan fingerprint density at radius 1 is 0.739 bits per heavy atom. The number of hydrogen-bond acceptors (Lipinski definition) is 4. The molecule has 0 saturated carbocycles. The summed E-state index contributed by atoms with van der Waals surface area (Å²) in [6.45, 7) is 3.77. The molecule has 5 heteroatoms. The molecular formula is C18H34O5. The highest BCUT2D eigenvalue weighted by Gasteiger charge is 2.02. The smallest absolute Gasteiger partial charge is 0.305 e. The zero-order valence-corrected chi connectivity index (χ0v) is 14.7. The Morgan fingerprint density at radius 2 is 1.35 bits per heavy atom. The number of carboxylic acid groups (broad SMARTS) is 1. The first-order valence-electron chi connectivity index (χ1n) is 9.12. The molecule has 0 aromatic carbocycles. The summed E-state index contributed by atoms with van der Waals surface area (Å²) in [4.78, 5) is 21.8. The second-order valence-electron chi connectivity index (χ2n) is 5.91. The lowest BCUT2D eigenvalue weighted by Crippen LogP contribution is -2.10. The van der Waals surface area contributed by atoms with Gasteiger partial charge in [-0.15, -0.1) is 0 Å². The van der Waals surface area contributed by atoms with Crippen LogP contribution >= 0.6 is 0 Å². The van der Waals surface area contributed by atoms with Gasteiger partial charge >= 0.3 is 11.9 Å². The Bertz CT molecular complexity index is 291. The predicted molar refractivity (Wildman–Crippen MR) is 90.5 cm³/mol. The Kier molecular flexibility index (Phi) is 16.4. The Morgan fingerprint density at radius 3 is 2.00 bits per heavy atom. The molecule has 0 aliphatic heterocycles. The van der Waals surface area contributed by atoms with Gasteiger partial charge in [0.25, 0.3) is 0 Å². The molecule has 0 aliphatic rings. The molecule has 0 atom stereocenters. The van der Waals surface area contributed by atoms with Crippen molar-refractivity contribution in [2.45, 2.75) is 84.0 Å². The first-order chi connectivity index (χ1) is 11.2. The van der Waals surface area contributed by atoms with Crippen molar-refractivity contribution in [2.75, 3.05) is 19.8 Å². The summed E-state index contributed by atoms with van der Waals surface area (Å²) < 4.78 is 10.5. The molecule has 0 saturated heterocycles. The van der Waals surface area contributed by atoms with E-state index in [-0.39, 0.29) is 12.4 Å². The fourth-order valence-corrected chi connectivity index (χ4v) is 2.27. The molecule has 0 spiro atoms. The van der Waals surface area contributed by atoms with Crippen molar-refractivity contribution in [2.24, 2.45) is 0 Å². The van der Waals surface area contributed by atoms with Gasteiger partial charge in [-0.05, 0) is 19.3 Å². The van der Waals surface area contributed by atoms with E-state index in [1.165, 1.54) is 19.3 Å². The zero-order valence-electron chi connectivity index (χ0n) is 14.7. The van der Waals surface area contributed by atoms with Gasteiger partial charge in [0.2, 0.25) is 0 Å². The molecule has 0 rings (SSSR count). The molecule has 136 valence electrons. The van der Waals surface area contributed by atoms with Crippen molar-refractivity contribution in [3.63, 3.8) is 0 Å². The molecule has 0 aromatic heterocycles. The van der Waals surface area contributed by atoms with Crippen LogP contribution in [-0.4, -0.2) is 36.9 Å². The summed E-state index contributed by atoms with van der Waals surface area (Å²) in [7, 11) is 0. The van der Waals surface area contributed by atoms with Crippen LogP contribution in [0.4, 0.5) is 0 Å². The van der Waals surface area contributed by atoms with Gasteiger partial charge in [-0.3, -0.25) is 9.59 Å². The van der Waals surface area contributed by atoms with Crippen LogP contribution in [0.15, 0.2) is 0 Å². The Balaban J connectivity index is 3.17. The predicted octanol–water partition coefficient (Wildman–Crippen LogP) is 4.33. The quantitative estimate of drug-likeness (QED) is 0.317. The van der Waals surface area contributed by atoms with E-state index in [9.17, 15) is 9.59 Å². The average Bonchev–Trinajstić information content (AvgIpc) is 2.52. The standard InChI is InChI=1S/C18H34O5/c1-2-3-4-11-14-22-15-16-23-18(21)13-10-8-6-5-7-9-12-17(19)20/h2-16H2,1H3,(H,19,20). The minimum atomic E-state index is -0.724. The lowest BCUT2D eigenvalue weighted by atomic mass is 10.1. The van der Waals surface area contributed by atoms with E-state index < -0.39 is 5.97 Å². The van der Waals surface area contributed by atoms with Gasteiger partial charge < -0.3 is 14.6 Å². The second kappa shape index (κ2) is 17.3. The van der Waals surface area contributed by atoms with E-state index in [0.717, 1.165) is 51.6 Å². The molecule has 0 amide bonds. The van der Waals surface area contributed by atoms with Gasteiger partial charge in [0.1, 0.15) is 6.61 Å². The summed E-state index contributed by atoms with van der Waals surface area (Å²) in [5.41, 5.74) is 0. The van der Waals surface area contributed by atoms with Gasteiger partial charge in [0, 0.05) is 19.4 Å². The van der Waals surface area contributed by atoms with Crippen LogP contribution in [0.3, 0.4) is 0 Å². The maximum atomic E-state index is 11.5. The number of carbonyl (C=O) groups is 2. The molecule has 5 nitrogen and oxygen atoms in total. The first kappa shape index (κ1) is 21.9. The van der Waals surface area contributed by atoms with Gasteiger partial charge in [0.05, 0.1) is 6.61 Å². The fraction of sp³-hybridized carbons (Fsp3) is 0.889. The molecule has 0 unspecified atom stereocenters. The SMILES string of the molecule is CCCCCCOCCOC(=O)CCCCCCCCC(=O)O. The van der Waals surface area contributed by atoms with E-state index in [4.69, 9.17) is 14.6 Å². The molecule has 0 bridgehead atoms. The van der Waals surface area contributed by atoms with Crippen LogP contribution in [0.25, 0.3) is 0 Å². The molecule has 0 aliphatic carbocycles. The summed E-state index contributed by atoms with van der Waals surface area (Å²) in [5.74, 6) is -0.872. The van der Waals surface area contributed by atoms with Crippen molar-refractivity contribution < 1.29 is 24.2 Å². The van der Waals surface area contributed by atoms with Crippen LogP contribution in [-0.2, 0) is 19.1 Å². The third-order valence-corrected chi connectivity index (χ3v) is 3.65. The summed E-state index contributed by atoms with van der Waals surface area (Å²) in [6.07, 6.45) is 11.1. The Hall–Kier alpha value is -1.10. The van der Waals surface area contributed by atoms with Crippen LogP contribution in [0.2, 0.25) is 0 Å². The fourth-order valence-electron chi connectivity index (χ4n) is 2.27. The van der Waals surface area contributed by atoms with Gasteiger partial charge in [-0.25, -0.2) is 0 Å². The summed E-state index contributed by atoms with van der Waals surface area (Å²) in [6, 6.07) is 0. The van der Waals surface area contributed by atoms with Crippen LogP contribution in [0.5, 0.6) is 0 Å². The van der Waals surface area contributed by atoms with Gasteiger partial charge in [-0.2, -0.15) is 0 Å². The number of carbonyl (C=O) groups excluding carboxylic acids is 1. The maximum Gasteiger partial charge on any atom is 0.305 e. The average molecular weight is 330 g/mol. The maximum absolute atomic E-state index is 11.5. The lowest BCUT2D eigenvalue weighted by molar-refractivity contribution is -0.145. The first-order valence-corrected chi connectivity index (χ1v) is 9.12. The summed E-state index contributed by atoms with van der Waals surface area (Å²) in [5, 5.41) is 8.51. The number of esters is 1. The third kappa shape index (κ3) is 18.9. The molecular weight excluding hydrogens is 296 g/mol. The van der Waals surface area contributed by atoms with Gasteiger partial charge in [-0.1, -0.05) is 51.9 Å². The molecule has 1 N–H and O–H groups in total. The number of aliphatic carboxylic acids is 1. The summed E-state index contributed by atoms with van der Waals surface area (Å²) >= 11 is 0. The van der Waals surface area contributed by atoms with Crippen molar-refractivity contribution in [3.8, 4) is 0 Å². The highest BCUT2D eigenvalue weighted by Crippen LogP contribution is 2.09. The lowest BCUT2D eigenvalue weighted by Gasteiger charge is -2.06. The topological polar surface area (TPSA) is 72.8 Å². The second-order valence-corrected chi connectivity index (χ2v) is 5.91. The Labute approximate surface area is 140 Å². The number of unbranched alkanes of at least 4 members (excludes halogenated alkanes) is 8. The number of ether oxygens (including phenoxy) is 2. The normalized spacial score (nSPS) is 10.7. The van der Waals surface area contributed by atoms with E-state index in [1.807, 2.05) is 0 Å². The molecule has 0 radical (unpaired) electrons. The van der Waals surface area contributed by atoms with Crippen LogP contribution in [0.1, 0.15) is 84.0 Å². The van der Waals surface area contributed by atoms with E-state index in [2.05, 4.69) is 6.92 Å². The van der Waals surface area contributed by atoms with Gasteiger partial charge in [0.15, 0.2) is 0 Å². The molecule has 0 aromatic rings. The number of carboxylic acids is 1. The minimum Gasteiger partial charge on any atom is -0.481 e. The van der Waals surface area contributed by atoms with Crippen molar-refractivity contribution in [1.29, 1.82) is 0 Å². The zero-order chi connectivity index (χ0) is 17.2. The number of hydrogen-bond donors (Lipinski definition) is 1. The van der Waals surface area contributed by atoms with Crippen LogP contribution in [0, 0.1) is 0 Å². The third-order valence-electron chi connectivity index (χ3n) is 3.65. The van der Waals surface area contributed by atoms with Crippen LogP contribution < -0.4 is 0 Å². The van der Waals surface area contributed by atoms with E-state index >= 15 is 0 Å². The minimum absolute atomic E-state index is 0.148. The highest BCUT2D eigenvalue weighted by atomic mass is 16.6. The largest absolute Gasteiger partial charge is 0.481 e. The van der Waals surface area contributed by atoms with Crippen molar-refractivity contribution in [1.82, 2.24) is 0 Å². The highest BCUT2D eigenvalue weighted by molar-refractivity contribution is 5.69. The van der Waals surface area contributed by atoms with E-state index in [0.29, 0.717) is 19.6 Å². The molecule has 0 fully saturated rings. The number of rotatable bonds is 17. The van der Waals surface area contributed by atoms with Crippen molar-refractivity contribution >= 4 is 11.9 Å². The molecule has 0 heterocycles.